The van der Waals surface area contributed by atoms with Gasteiger partial charge in [-0.1, -0.05) is 43.3 Å². The molecule has 2 atom stereocenters. The Morgan fingerprint density at radius 3 is 2.65 bits per heavy atom. The second-order valence-electron chi connectivity index (χ2n) is 6.65. The molecule has 2 aromatic rings. The molecule has 1 heterocycles. The Balaban J connectivity index is 1.61. The van der Waals surface area contributed by atoms with Gasteiger partial charge in [0.05, 0.1) is 6.61 Å². The molecule has 0 fully saturated rings. The summed E-state index contributed by atoms with van der Waals surface area (Å²) in [5, 5.41) is 12.2. The number of carboxylic acid groups (broad SMARTS) is 1. The van der Waals surface area contributed by atoms with E-state index in [0.717, 1.165) is 17.7 Å². The number of benzene rings is 2. The van der Waals surface area contributed by atoms with Crippen LogP contribution in [0.2, 0.25) is 0 Å². The van der Waals surface area contributed by atoms with Crippen molar-refractivity contribution in [3.8, 4) is 5.75 Å². The number of rotatable bonds is 7. The number of fused-ring (bicyclic) bond motifs is 1. The largest absolute Gasteiger partial charge is 0.493 e. The third kappa shape index (κ3) is 4.23. The molecular weight excluding hydrogens is 330 g/mol. The van der Waals surface area contributed by atoms with Crippen LogP contribution in [0.1, 0.15) is 48.4 Å². The van der Waals surface area contributed by atoms with Gasteiger partial charge < -0.3 is 15.2 Å². The summed E-state index contributed by atoms with van der Waals surface area (Å²) in [6.07, 6.45) is 1.71. The first-order chi connectivity index (χ1) is 12.5. The molecule has 0 spiro atoms. The van der Waals surface area contributed by atoms with Crippen molar-refractivity contribution < 1.29 is 19.4 Å². The fourth-order valence-corrected chi connectivity index (χ4v) is 3.20. The van der Waals surface area contributed by atoms with Gasteiger partial charge in [-0.25, -0.2) is 4.79 Å². The first-order valence-electron chi connectivity index (χ1n) is 8.87. The zero-order valence-corrected chi connectivity index (χ0v) is 14.8. The van der Waals surface area contributed by atoms with Crippen LogP contribution < -0.4 is 10.1 Å². The molecule has 2 N–H and O–H groups in total. The van der Waals surface area contributed by atoms with Crippen LogP contribution in [0.25, 0.3) is 0 Å². The Kier molecular flexibility index (Phi) is 5.56. The maximum Gasteiger partial charge on any atom is 0.330 e. The number of carboxylic acids is 1. The molecule has 26 heavy (non-hydrogen) atoms. The zero-order valence-electron chi connectivity index (χ0n) is 14.8. The Morgan fingerprint density at radius 1 is 1.15 bits per heavy atom. The van der Waals surface area contributed by atoms with Crippen molar-refractivity contribution in [2.75, 3.05) is 6.61 Å². The van der Waals surface area contributed by atoms with Gasteiger partial charge in [-0.15, -0.1) is 0 Å². The molecule has 0 aliphatic carbocycles. The van der Waals surface area contributed by atoms with Crippen LogP contribution >= 0.6 is 0 Å². The van der Waals surface area contributed by atoms with E-state index in [1.54, 1.807) is 12.1 Å². The predicted octanol–water partition coefficient (Wildman–Crippen LogP) is 3.45. The number of hydrogen-bond donors (Lipinski definition) is 2. The van der Waals surface area contributed by atoms with Gasteiger partial charge in [0.2, 0.25) is 5.91 Å². The molecule has 5 heteroatoms. The zero-order chi connectivity index (χ0) is 18.5. The predicted molar refractivity (Wildman–Crippen MR) is 98.3 cm³/mol. The van der Waals surface area contributed by atoms with Crippen LogP contribution in [-0.2, 0) is 16.0 Å². The van der Waals surface area contributed by atoms with Gasteiger partial charge >= 0.3 is 5.97 Å². The summed E-state index contributed by atoms with van der Waals surface area (Å²) in [6.45, 7) is 2.68. The van der Waals surface area contributed by atoms with Crippen LogP contribution in [0.3, 0.4) is 0 Å². The lowest BCUT2D eigenvalue weighted by atomic mass is 9.96. The molecule has 0 bridgehead atoms. The average molecular weight is 353 g/mol. The van der Waals surface area contributed by atoms with Crippen LogP contribution in [0.4, 0.5) is 0 Å². The number of aliphatic carboxylic acids is 1. The van der Waals surface area contributed by atoms with Gasteiger partial charge in [-0.2, -0.15) is 0 Å². The van der Waals surface area contributed by atoms with Crippen molar-refractivity contribution in [2.24, 2.45) is 0 Å². The SMILES string of the molecule is CC(CCC(=O)NC(C(=O)O)c1ccc2c(c1)CCO2)c1ccccc1. The Bertz CT molecular complexity index is 788. The van der Waals surface area contributed by atoms with Gasteiger partial charge in [0.15, 0.2) is 6.04 Å². The first kappa shape index (κ1) is 18.0. The number of carbonyl (C=O) groups excluding carboxylic acids is 1. The van der Waals surface area contributed by atoms with E-state index in [4.69, 9.17) is 4.74 Å². The summed E-state index contributed by atoms with van der Waals surface area (Å²) in [6, 6.07) is 14.2. The highest BCUT2D eigenvalue weighted by Gasteiger charge is 2.24. The lowest BCUT2D eigenvalue weighted by molar-refractivity contribution is -0.142. The molecule has 2 unspecified atom stereocenters. The quantitative estimate of drug-likeness (QED) is 0.799. The maximum atomic E-state index is 12.3. The molecule has 1 aliphatic heterocycles. The number of carbonyl (C=O) groups is 2. The first-order valence-corrected chi connectivity index (χ1v) is 8.87. The standard InChI is InChI=1S/C21H23NO4/c1-14(15-5-3-2-4-6-15)7-10-19(23)22-20(21(24)25)17-8-9-18-16(13-17)11-12-26-18/h2-6,8-9,13-14,20H,7,10-12H2,1H3,(H,22,23)(H,24,25). The number of amides is 1. The van der Waals surface area contributed by atoms with Gasteiger partial charge in [0, 0.05) is 12.8 Å². The molecule has 1 amide bonds. The van der Waals surface area contributed by atoms with Gasteiger partial charge in [0.1, 0.15) is 5.75 Å². The van der Waals surface area contributed by atoms with Crippen LogP contribution in [0.5, 0.6) is 5.75 Å². The van der Waals surface area contributed by atoms with E-state index in [1.807, 2.05) is 36.4 Å². The van der Waals surface area contributed by atoms with E-state index < -0.39 is 12.0 Å². The average Bonchev–Trinajstić information content (AvgIpc) is 3.12. The van der Waals surface area contributed by atoms with Crippen LogP contribution in [0, 0.1) is 0 Å². The Hall–Kier alpha value is -2.82. The molecule has 0 aromatic heterocycles. The van der Waals surface area contributed by atoms with Crippen LogP contribution in [-0.4, -0.2) is 23.6 Å². The highest BCUT2D eigenvalue weighted by atomic mass is 16.5. The molecule has 5 nitrogen and oxygen atoms in total. The Morgan fingerprint density at radius 2 is 1.92 bits per heavy atom. The normalized spacial score (nSPS) is 14.8. The van der Waals surface area contributed by atoms with Crippen molar-refractivity contribution in [3.63, 3.8) is 0 Å². The summed E-state index contributed by atoms with van der Waals surface area (Å²) >= 11 is 0. The topological polar surface area (TPSA) is 75.6 Å². The molecule has 1 aliphatic rings. The van der Waals surface area contributed by atoms with E-state index in [9.17, 15) is 14.7 Å². The van der Waals surface area contributed by atoms with Crippen molar-refractivity contribution in [1.29, 1.82) is 0 Å². The second kappa shape index (κ2) is 8.04. The summed E-state index contributed by atoms with van der Waals surface area (Å²) in [7, 11) is 0. The summed E-state index contributed by atoms with van der Waals surface area (Å²) in [5.41, 5.74) is 2.74. The monoisotopic (exact) mass is 353 g/mol. The van der Waals surface area contributed by atoms with Crippen molar-refractivity contribution in [3.05, 3.63) is 65.2 Å². The van der Waals surface area contributed by atoms with E-state index in [2.05, 4.69) is 12.2 Å². The van der Waals surface area contributed by atoms with Gasteiger partial charge in [0.25, 0.3) is 0 Å². The molecule has 136 valence electrons. The van der Waals surface area contributed by atoms with Crippen molar-refractivity contribution >= 4 is 11.9 Å². The molecule has 0 radical (unpaired) electrons. The highest BCUT2D eigenvalue weighted by molar-refractivity contribution is 5.84. The highest BCUT2D eigenvalue weighted by Crippen LogP contribution is 2.28. The van der Waals surface area contributed by atoms with E-state index in [-0.39, 0.29) is 18.2 Å². The van der Waals surface area contributed by atoms with E-state index in [1.165, 1.54) is 5.56 Å². The van der Waals surface area contributed by atoms with Crippen molar-refractivity contribution in [1.82, 2.24) is 5.32 Å². The lowest BCUT2D eigenvalue weighted by Gasteiger charge is -2.17. The number of ether oxygens (including phenoxy) is 1. The summed E-state index contributed by atoms with van der Waals surface area (Å²) in [5.74, 6) is -0.284. The van der Waals surface area contributed by atoms with Gasteiger partial charge in [-0.3, -0.25) is 4.79 Å². The fourth-order valence-electron chi connectivity index (χ4n) is 3.20. The molecule has 2 aromatic carbocycles. The number of hydrogen-bond acceptors (Lipinski definition) is 3. The molecule has 0 saturated carbocycles. The lowest BCUT2D eigenvalue weighted by Crippen LogP contribution is -2.33. The molecule has 0 saturated heterocycles. The maximum absolute atomic E-state index is 12.3. The second-order valence-corrected chi connectivity index (χ2v) is 6.65. The van der Waals surface area contributed by atoms with Gasteiger partial charge in [-0.05, 0) is 41.2 Å². The third-order valence-electron chi connectivity index (χ3n) is 4.77. The van der Waals surface area contributed by atoms with Crippen molar-refractivity contribution in [2.45, 2.75) is 38.1 Å². The smallest absolute Gasteiger partial charge is 0.330 e. The number of nitrogens with one attached hydrogen (secondary N) is 1. The molecular formula is C21H23NO4. The minimum atomic E-state index is -1.06. The molecule has 3 rings (SSSR count). The summed E-state index contributed by atoms with van der Waals surface area (Å²) in [4.78, 5) is 24.0. The Labute approximate surface area is 153 Å². The van der Waals surface area contributed by atoms with E-state index >= 15 is 0 Å². The minimum absolute atomic E-state index is 0.238. The van der Waals surface area contributed by atoms with E-state index in [0.29, 0.717) is 18.6 Å². The van der Waals surface area contributed by atoms with Crippen LogP contribution in [0.15, 0.2) is 48.5 Å². The minimum Gasteiger partial charge on any atom is -0.493 e. The summed E-state index contributed by atoms with van der Waals surface area (Å²) < 4.78 is 5.45. The fraction of sp³-hybridized carbons (Fsp3) is 0.333. The third-order valence-corrected chi connectivity index (χ3v) is 4.77.